The van der Waals surface area contributed by atoms with Gasteiger partial charge in [0.05, 0.1) is 12.7 Å². The highest BCUT2D eigenvalue weighted by molar-refractivity contribution is 5.36. The average molecular weight is 284 g/mol. The van der Waals surface area contributed by atoms with Gasteiger partial charge in [0.1, 0.15) is 5.75 Å². The number of hydrogen-bond acceptors (Lipinski definition) is 2. The van der Waals surface area contributed by atoms with E-state index in [1.807, 2.05) is 36.4 Å². The third-order valence-electron chi connectivity index (χ3n) is 3.71. The van der Waals surface area contributed by atoms with Crippen LogP contribution in [0.2, 0.25) is 0 Å². The van der Waals surface area contributed by atoms with Gasteiger partial charge in [-0.15, -0.1) is 0 Å². The number of ether oxygens (including phenoxy) is 1. The minimum absolute atomic E-state index is 0.470. The summed E-state index contributed by atoms with van der Waals surface area (Å²) in [6.45, 7) is 7.01. The lowest BCUT2D eigenvalue weighted by Gasteiger charge is -2.14. The van der Waals surface area contributed by atoms with Gasteiger partial charge in [-0.1, -0.05) is 50.2 Å². The molecule has 0 bridgehead atoms. The molecule has 1 N–H and O–H groups in total. The molecular formula is C19H24O2. The van der Waals surface area contributed by atoms with Gasteiger partial charge < -0.3 is 9.84 Å². The summed E-state index contributed by atoms with van der Waals surface area (Å²) >= 11 is 0. The van der Waals surface area contributed by atoms with Crippen LogP contribution >= 0.6 is 0 Å². The largest absolute Gasteiger partial charge is 0.493 e. The lowest BCUT2D eigenvalue weighted by Crippen LogP contribution is -2.05. The molecule has 2 rings (SSSR count). The predicted octanol–water partition coefficient (Wildman–Crippen LogP) is 4.62. The molecule has 0 aliphatic carbocycles. The van der Waals surface area contributed by atoms with Gasteiger partial charge in [0.15, 0.2) is 0 Å². The van der Waals surface area contributed by atoms with E-state index in [0.29, 0.717) is 18.9 Å². The Morgan fingerprint density at radius 1 is 1.05 bits per heavy atom. The van der Waals surface area contributed by atoms with E-state index >= 15 is 0 Å². The molecular weight excluding hydrogens is 260 g/mol. The van der Waals surface area contributed by atoms with Crippen LogP contribution in [0.5, 0.6) is 5.75 Å². The summed E-state index contributed by atoms with van der Waals surface area (Å²) in [6, 6.07) is 15.9. The van der Waals surface area contributed by atoms with Crippen LogP contribution in [0.1, 0.15) is 49.0 Å². The van der Waals surface area contributed by atoms with Crippen molar-refractivity contribution in [3.8, 4) is 5.75 Å². The second-order valence-corrected chi connectivity index (χ2v) is 5.74. The highest BCUT2D eigenvalue weighted by atomic mass is 16.5. The lowest BCUT2D eigenvalue weighted by molar-refractivity contribution is 0.141. The molecule has 0 spiro atoms. The third kappa shape index (κ3) is 4.33. The van der Waals surface area contributed by atoms with E-state index in [-0.39, 0.29) is 0 Å². The molecule has 1 unspecified atom stereocenters. The first-order valence-corrected chi connectivity index (χ1v) is 7.54. The van der Waals surface area contributed by atoms with Gasteiger partial charge in [-0.05, 0) is 41.7 Å². The molecule has 0 aliphatic rings. The van der Waals surface area contributed by atoms with Crippen LogP contribution in [0.4, 0.5) is 0 Å². The van der Waals surface area contributed by atoms with E-state index < -0.39 is 6.10 Å². The van der Waals surface area contributed by atoms with Gasteiger partial charge in [0, 0.05) is 6.42 Å². The Bertz CT molecular complexity index is 561. The van der Waals surface area contributed by atoms with Gasteiger partial charge in [-0.3, -0.25) is 0 Å². The Balaban J connectivity index is 1.88. The van der Waals surface area contributed by atoms with Crippen molar-refractivity contribution in [1.29, 1.82) is 0 Å². The van der Waals surface area contributed by atoms with Crippen molar-refractivity contribution in [2.75, 3.05) is 6.61 Å². The zero-order valence-electron chi connectivity index (χ0n) is 13.0. The second-order valence-electron chi connectivity index (χ2n) is 5.74. The number of rotatable bonds is 6. The summed E-state index contributed by atoms with van der Waals surface area (Å²) in [5.74, 6) is 1.40. The van der Waals surface area contributed by atoms with Gasteiger partial charge in [-0.25, -0.2) is 0 Å². The topological polar surface area (TPSA) is 29.5 Å². The van der Waals surface area contributed by atoms with E-state index in [1.165, 1.54) is 11.1 Å². The number of benzene rings is 2. The SMILES string of the molecule is Cc1cc(OCCC(O)c2ccccc2)ccc1C(C)C. The minimum Gasteiger partial charge on any atom is -0.493 e. The van der Waals surface area contributed by atoms with Gasteiger partial charge in [0.25, 0.3) is 0 Å². The fraction of sp³-hybridized carbons (Fsp3) is 0.368. The molecule has 0 heterocycles. The quantitative estimate of drug-likeness (QED) is 0.838. The number of hydrogen-bond donors (Lipinski definition) is 1. The first-order valence-electron chi connectivity index (χ1n) is 7.54. The molecule has 0 aromatic heterocycles. The van der Waals surface area contributed by atoms with Crippen LogP contribution in [0.3, 0.4) is 0 Å². The van der Waals surface area contributed by atoms with Gasteiger partial charge >= 0.3 is 0 Å². The molecule has 0 amide bonds. The van der Waals surface area contributed by atoms with Crippen LogP contribution in [-0.2, 0) is 0 Å². The van der Waals surface area contributed by atoms with Crippen molar-refractivity contribution >= 4 is 0 Å². The van der Waals surface area contributed by atoms with Crippen LogP contribution in [0.25, 0.3) is 0 Å². The van der Waals surface area contributed by atoms with Crippen LogP contribution < -0.4 is 4.74 Å². The Hall–Kier alpha value is -1.80. The van der Waals surface area contributed by atoms with Gasteiger partial charge in [0.2, 0.25) is 0 Å². The normalized spacial score (nSPS) is 12.4. The minimum atomic E-state index is -0.470. The fourth-order valence-electron chi connectivity index (χ4n) is 2.52. The van der Waals surface area contributed by atoms with E-state index in [2.05, 4.69) is 32.9 Å². The van der Waals surface area contributed by atoms with Gasteiger partial charge in [-0.2, -0.15) is 0 Å². The molecule has 2 nitrogen and oxygen atoms in total. The summed E-state index contributed by atoms with van der Waals surface area (Å²) in [7, 11) is 0. The van der Waals surface area contributed by atoms with Crippen LogP contribution in [0.15, 0.2) is 48.5 Å². The molecule has 1 atom stereocenters. The van der Waals surface area contributed by atoms with Crippen molar-refractivity contribution < 1.29 is 9.84 Å². The smallest absolute Gasteiger partial charge is 0.119 e. The zero-order chi connectivity index (χ0) is 15.2. The molecule has 112 valence electrons. The molecule has 21 heavy (non-hydrogen) atoms. The summed E-state index contributed by atoms with van der Waals surface area (Å²) < 4.78 is 5.75. The maximum atomic E-state index is 10.1. The highest BCUT2D eigenvalue weighted by Crippen LogP contribution is 2.24. The van der Waals surface area contributed by atoms with E-state index in [9.17, 15) is 5.11 Å². The zero-order valence-corrected chi connectivity index (χ0v) is 13.0. The standard InChI is InChI=1S/C19H24O2/c1-14(2)18-10-9-17(13-15(18)3)21-12-11-19(20)16-7-5-4-6-8-16/h4-10,13-14,19-20H,11-12H2,1-3H3. The first kappa shape index (κ1) is 15.6. The third-order valence-corrected chi connectivity index (χ3v) is 3.71. The number of aliphatic hydroxyl groups excluding tert-OH is 1. The van der Waals surface area contributed by atoms with Crippen molar-refractivity contribution in [1.82, 2.24) is 0 Å². The van der Waals surface area contributed by atoms with E-state index in [4.69, 9.17) is 4.74 Å². The number of aryl methyl sites for hydroxylation is 1. The Kier molecular flexibility index (Phi) is 5.40. The molecule has 2 aromatic carbocycles. The maximum Gasteiger partial charge on any atom is 0.119 e. The molecule has 2 heteroatoms. The number of aliphatic hydroxyl groups is 1. The van der Waals surface area contributed by atoms with E-state index in [1.54, 1.807) is 0 Å². The Morgan fingerprint density at radius 3 is 2.38 bits per heavy atom. The molecule has 0 saturated heterocycles. The molecule has 0 radical (unpaired) electrons. The van der Waals surface area contributed by atoms with Crippen molar-refractivity contribution in [3.05, 3.63) is 65.2 Å². The fourth-order valence-corrected chi connectivity index (χ4v) is 2.52. The highest BCUT2D eigenvalue weighted by Gasteiger charge is 2.08. The summed E-state index contributed by atoms with van der Waals surface area (Å²) in [4.78, 5) is 0. The molecule has 0 saturated carbocycles. The van der Waals surface area contributed by atoms with Crippen LogP contribution in [0, 0.1) is 6.92 Å². The Labute approximate surface area is 127 Å². The monoisotopic (exact) mass is 284 g/mol. The first-order chi connectivity index (χ1) is 10.1. The van der Waals surface area contributed by atoms with Crippen LogP contribution in [-0.4, -0.2) is 11.7 Å². The molecule has 2 aromatic rings. The summed E-state index contributed by atoms with van der Waals surface area (Å²) in [6.07, 6.45) is 0.122. The lowest BCUT2D eigenvalue weighted by atomic mass is 9.98. The Morgan fingerprint density at radius 2 is 1.76 bits per heavy atom. The van der Waals surface area contributed by atoms with E-state index in [0.717, 1.165) is 11.3 Å². The second kappa shape index (κ2) is 7.28. The maximum absolute atomic E-state index is 10.1. The molecule has 0 fully saturated rings. The average Bonchev–Trinajstić information content (AvgIpc) is 2.47. The summed E-state index contributed by atoms with van der Waals surface area (Å²) in [5, 5.41) is 10.1. The van der Waals surface area contributed by atoms with Crippen molar-refractivity contribution in [3.63, 3.8) is 0 Å². The predicted molar refractivity (Wildman–Crippen MR) is 86.8 cm³/mol. The summed E-state index contributed by atoms with van der Waals surface area (Å²) in [5.41, 5.74) is 3.55. The van der Waals surface area contributed by atoms with Crippen molar-refractivity contribution in [2.24, 2.45) is 0 Å². The molecule has 0 aliphatic heterocycles. The van der Waals surface area contributed by atoms with Crippen molar-refractivity contribution in [2.45, 2.75) is 39.2 Å².